The summed E-state index contributed by atoms with van der Waals surface area (Å²) in [6.45, 7) is 4.06. The maximum absolute atomic E-state index is 14.4. The second-order valence-corrected chi connectivity index (χ2v) is 16.1. The number of fused-ring (bicyclic) bond motifs is 5. The van der Waals surface area contributed by atoms with Crippen molar-refractivity contribution in [3.05, 3.63) is 43.4 Å². The zero-order valence-electron chi connectivity index (χ0n) is 25.7. The van der Waals surface area contributed by atoms with E-state index in [0.717, 1.165) is 83.9 Å². The smallest absolute Gasteiger partial charge is 0.287 e. The van der Waals surface area contributed by atoms with E-state index < -0.39 is 40.8 Å². The number of ketones is 5. The maximum atomic E-state index is 14.4. The molecule has 0 bridgehead atoms. The lowest BCUT2D eigenvalue weighted by atomic mass is 10.0. The van der Waals surface area contributed by atoms with Gasteiger partial charge in [-0.05, 0) is 36.8 Å². The first-order chi connectivity index (χ1) is 22.8. The normalized spacial score (nSPS) is 17.1. The number of aromatic nitrogens is 2. The number of hydrogen-bond acceptors (Lipinski definition) is 11. The molecule has 0 radical (unpaired) electrons. The molecule has 3 aliphatic carbocycles. The van der Waals surface area contributed by atoms with Crippen molar-refractivity contribution >= 4 is 74.3 Å². The molecule has 4 aromatic heterocycles. The highest BCUT2D eigenvalue weighted by atomic mass is 32.1. The lowest BCUT2D eigenvalue weighted by molar-refractivity contribution is 0.0187. The fraction of sp³-hybridized carbons (Fsp3) is 0.424. The first-order valence-corrected chi connectivity index (χ1v) is 18.9. The molecule has 7 rings (SSSR count). The van der Waals surface area contributed by atoms with Crippen LogP contribution in [0.3, 0.4) is 0 Å². The van der Waals surface area contributed by atoms with Gasteiger partial charge >= 0.3 is 11.8 Å². The third-order valence-corrected chi connectivity index (χ3v) is 13.9. The molecular formula is C33H26F4N2O5S4. The quantitative estimate of drug-likeness (QED) is 0.0713. The minimum Gasteiger partial charge on any atom is -0.287 e. The molecule has 0 spiro atoms. The highest BCUT2D eigenvalue weighted by Gasteiger charge is 2.59. The molecule has 0 aromatic carbocycles. The van der Waals surface area contributed by atoms with E-state index in [2.05, 4.69) is 9.97 Å². The lowest BCUT2D eigenvalue weighted by Crippen LogP contribution is -2.30. The summed E-state index contributed by atoms with van der Waals surface area (Å²) in [5.74, 6) is -14.7. The summed E-state index contributed by atoms with van der Waals surface area (Å²) in [6.07, 6.45) is 7.16. The van der Waals surface area contributed by atoms with E-state index in [4.69, 9.17) is 0 Å². The first kappa shape index (κ1) is 33.2. The summed E-state index contributed by atoms with van der Waals surface area (Å²) in [4.78, 5) is 74.3. The van der Waals surface area contributed by atoms with Crippen molar-refractivity contribution in [1.82, 2.24) is 9.97 Å². The second kappa shape index (κ2) is 12.0. The second-order valence-electron chi connectivity index (χ2n) is 12.0. The molecule has 0 saturated heterocycles. The number of thiazole rings is 2. The minimum atomic E-state index is -4.10. The Balaban J connectivity index is 1.28. The van der Waals surface area contributed by atoms with Gasteiger partial charge in [-0.15, -0.1) is 45.3 Å². The van der Waals surface area contributed by atoms with Crippen LogP contribution in [0.4, 0.5) is 17.6 Å². The predicted molar refractivity (Wildman–Crippen MR) is 176 cm³/mol. The van der Waals surface area contributed by atoms with Crippen LogP contribution in [0.2, 0.25) is 0 Å². The van der Waals surface area contributed by atoms with Gasteiger partial charge in [0.2, 0.25) is 17.3 Å². The zero-order chi connectivity index (χ0) is 34.3. The molecular weight excluding hydrogens is 709 g/mol. The zero-order valence-corrected chi connectivity index (χ0v) is 28.9. The number of hydrogen-bond donors (Lipinski definition) is 0. The van der Waals surface area contributed by atoms with Crippen LogP contribution in [-0.4, -0.2) is 50.7 Å². The van der Waals surface area contributed by atoms with Crippen LogP contribution in [-0.2, 0) is 12.8 Å². The number of alkyl halides is 4. The van der Waals surface area contributed by atoms with Crippen LogP contribution in [0.15, 0.2) is 0 Å². The Morgan fingerprint density at radius 1 is 0.500 bits per heavy atom. The molecule has 0 saturated carbocycles. The molecule has 4 aromatic rings. The van der Waals surface area contributed by atoms with Crippen molar-refractivity contribution in [3.8, 4) is 29.5 Å². The Bertz CT molecular complexity index is 1940. The van der Waals surface area contributed by atoms with Crippen LogP contribution in [0.1, 0.15) is 133 Å². The van der Waals surface area contributed by atoms with Crippen LogP contribution in [0.5, 0.6) is 0 Å². The highest BCUT2D eigenvalue weighted by molar-refractivity contribution is 7.29. The predicted octanol–water partition coefficient (Wildman–Crippen LogP) is 9.54. The molecule has 48 heavy (non-hydrogen) atoms. The Labute approximate surface area is 287 Å². The Morgan fingerprint density at radius 3 is 1.27 bits per heavy atom. The standard InChI is InChI=1S/C33H26F4N2O5S4/c1-3-5-7-9-11-13-15-22(28(43)32(34,35)26(15)41)45-20(13)30-38-17-19(40)18-25(24(17)47-30)48-31(39-18)21-14(12-10-8-6-4-2)16-23(46-21)29(44)33(36,37)27(16)42/h3-12H2,1-2H3. The molecule has 4 heterocycles. The Hall–Kier alpha value is -3.27. The van der Waals surface area contributed by atoms with Crippen LogP contribution >= 0.6 is 45.3 Å². The van der Waals surface area contributed by atoms with E-state index in [9.17, 15) is 41.5 Å². The third-order valence-electron chi connectivity index (χ3n) is 8.86. The number of thiophene rings is 2. The van der Waals surface area contributed by atoms with Gasteiger partial charge in [0.25, 0.3) is 11.6 Å². The largest absolute Gasteiger partial charge is 0.372 e. The molecule has 0 fully saturated rings. The highest BCUT2D eigenvalue weighted by Crippen LogP contribution is 2.54. The van der Waals surface area contributed by atoms with Crippen molar-refractivity contribution < 1.29 is 41.5 Å². The summed E-state index contributed by atoms with van der Waals surface area (Å²) in [5.41, 5.74) is 0.411. The first-order valence-electron chi connectivity index (χ1n) is 15.7. The Kier molecular flexibility index (Phi) is 8.28. The monoisotopic (exact) mass is 734 g/mol. The number of carbonyl (C=O) groups is 5. The van der Waals surface area contributed by atoms with Crippen LogP contribution in [0.25, 0.3) is 29.5 Å². The number of nitrogens with zero attached hydrogens (tertiary/aromatic N) is 2. The number of rotatable bonds is 12. The van der Waals surface area contributed by atoms with Gasteiger partial charge in [0.05, 0.1) is 40.4 Å². The average Bonchev–Trinajstić information content (AvgIpc) is 3.89. The topological polar surface area (TPSA) is 111 Å². The fourth-order valence-corrected chi connectivity index (χ4v) is 11.5. The van der Waals surface area contributed by atoms with E-state index in [1.807, 2.05) is 13.8 Å². The molecule has 0 unspecified atom stereocenters. The molecule has 3 aliphatic rings. The van der Waals surface area contributed by atoms with Gasteiger partial charge in [-0.25, -0.2) is 9.97 Å². The molecule has 0 atom stereocenters. The summed E-state index contributed by atoms with van der Waals surface area (Å²) in [5, 5.41) is 0.654. The summed E-state index contributed by atoms with van der Waals surface area (Å²) in [6, 6.07) is 0. The summed E-state index contributed by atoms with van der Waals surface area (Å²) >= 11 is 3.86. The van der Waals surface area contributed by atoms with Gasteiger partial charge in [0.15, 0.2) is 0 Å². The van der Waals surface area contributed by atoms with E-state index in [0.29, 0.717) is 66.3 Å². The van der Waals surface area contributed by atoms with Gasteiger partial charge in [0, 0.05) is 0 Å². The van der Waals surface area contributed by atoms with Crippen molar-refractivity contribution in [1.29, 1.82) is 0 Å². The molecule has 0 aliphatic heterocycles. The fourth-order valence-electron chi connectivity index (χ4n) is 6.38. The number of halogens is 4. The molecule has 0 N–H and O–H groups in total. The van der Waals surface area contributed by atoms with Gasteiger partial charge in [-0.2, -0.15) is 17.6 Å². The van der Waals surface area contributed by atoms with E-state index in [1.165, 1.54) is 0 Å². The molecule has 250 valence electrons. The van der Waals surface area contributed by atoms with Gasteiger partial charge in [-0.3, -0.25) is 24.0 Å². The van der Waals surface area contributed by atoms with Crippen LogP contribution < -0.4 is 0 Å². The summed E-state index contributed by atoms with van der Waals surface area (Å²) in [7, 11) is 0. The average molecular weight is 735 g/mol. The van der Waals surface area contributed by atoms with E-state index in [-0.39, 0.29) is 32.3 Å². The van der Waals surface area contributed by atoms with E-state index in [1.54, 1.807) is 0 Å². The summed E-state index contributed by atoms with van der Waals surface area (Å²) < 4.78 is 57.8. The number of Topliss-reactive ketones (excluding diaryl/α,β-unsaturated/α-hetero) is 4. The van der Waals surface area contributed by atoms with Crippen LogP contribution in [0, 0.1) is 0 Å². The van der Waals surface area contributed by atoms with Gasteiger partial charge in [0.1, 0.15) is 21.4 Å². The van der Waals surface area contributed by atoms with Gasteiger partial charge < -0.3 is 0 Å². The number of carbonyl (C=O) groups excluding carboxylic acids is 5. The van der Waals surface area contributed by atoms with E-state index >= 15 is 0 Å². The minimum absolute atomic E-state index is 0.113. The molecule has 7 nitrogen and oxygen atoms in total. The SMILES string of the molecule is CCCCCCc1c(-c2nc3c(s2)-c2sc(-c4sc5c(c4CCCCCC)C(=O)C(F)(F)C5=O)nc2C3=O)sc2c1C(=O)C(F)(F)C2=O. The third kappa shape index (κ3) is 4.78. The van der Waals surface area contributed by atoms with Crippen molar-refractivity contribution in [2.45, 2.75) is 89.9 Å². The molecule has 0 amide bonds. The van der Waals surface area contributed by atoms with Crippen molar-refractivity contribution in [3.63, 3.8) is 0 Å². The lowest BCUT2D eigenvalue weighted by Gasteiger charge is -2.08. The van der Waals surface area contributed by atoms with Crippen molar-refractivity contribution in [2.75, 3.05) is 0 Å². The Morgan fingerprint density at radius 2 is 0.896 bits per heavy atom. The van der Waals surface area contributed by atoms with Gasteiger partial charge in [-0.1, -0.05) is 52.4 Å². The number of unbranched alkanes of at least 4 members (excludes halogenated alkanes) is 6. The van der Waals surface area contributed by atoms with Crippen molar-refractivity contribution in [2.24, 2.45) is 0 Å². The maximum Gasteiger partial charge on any atom is 0.372 e. The molecule has 15 heteroatoms.